The lowest BCUT2D eigenvalue weighted by Crippen LogP contribution is -2.30. The third-order valence-corrected chi connectivity index (χ3v) is 6.56. The lowest BCUT2D eigenvalue weighted by atomic mass is 10.1. The van der Waals surface area contributed by atoms with E-state index < -0.39 is 0 Å². The van der Waals surface area contributed by atoms with Crippen LogP contribution in [0.15, 0.2) is 41.1 Å². The van der Waals surface area contributed by atoms with Gasteiger partial charge in [-0.3, -0.25) is 14.9 Å². The van der Waals surface area contributed by atoms with Gasteiger partial charge in [-0.2, -0.15) is 0 Å². The van der Waals surface area contributed by atoms with E-state index in [4.69, 9.17) is 0 Å². The first-order valence-corrected chi connectivity index (χ1v) is 10.7. The average molecular weight is 396 g/mol. The highest BCUT2D eigenvalue weighted by atomic mass is 32.1. The van der Waals surface area contributed by atoms with Crippen molar-refractivity contribution in [2.75, 3.05) is 16.8 Å². The van der Waals surface area contributed by atoms with E-state index in [1.54, 1.807) is 6.07 Å². The van der Waals surface area contributed by atoms with E-state index in [1.807, 2.05) is 33.9 Å². The van der Waals surface area contributed by atoms with Crippen LogP contribution in [0.5, 0.6) is 0 Å². The molecule has 3 aromatic rings. The first kappa shape index (κ1) is 16.6. The number of thiophene rings is 1. The molecule has 5 rings (SSSR count). The summed E-state index contributed by atoms with van der Waals surface area (Å²) in [5, 5.41) is 7.28. The summed E-state index contributed by atoms with van der Waals surface area (Å²) < 4.78 is 0. The fraction of sp³-hybridized carbons (Fsp3) is 0.250. The van der Waals surface area contributed by atoms with Crippen molar-refractivity contribution in [3.8, 4) is 11.3 Å². The molecule has 1 saturated carbocycles. The van der Waals surface area contributed by atoms with Crippen LogP contribution in [-0.2, 0) is 11.2 Å². The number of benzene rings is 1. The van der Waals surface area contributed by atoms with E-state index in [0.29, 0.717) is 10.0 Å². The minimum Gasteiger partial charge on any atom is -0.312 e. The Hall–Kier alpha value is -2.51. The van der Waals surface area contributed by atoms with Gasteiger partial charge in [0.05, 0.1) is 10.6 Å². The smallest absolute Gasteiger partial charge is 0.267 e. The molecule has 136 valence electrons. The summed E-state index contributed by atoms with van der Waals surface area (Å²) in [6.07, 6.45) is 2.94. The zero-order chi connectivity index (χ0) is 18.4. The van der Waals surface area contributed by atoms with Crippen LogP contribution >= 0.6 is 22.7 Å². The number of aromatic nitrogens is 1. The van der Waals surface area contributed by atoms with E-state index in [1.165, 1.54) is 28.2 Å². The van der Waals surface area contributed by atoms with Crippen molar-refractivity contribution in [1.29, 1.82) is 0 Å². The van der Waals surface area contributed by atoms with Crippen LogP contribution in [0.1, 0.15) is 28.1 Å². The summed E-state index contributed by atoms with van der Waals surface area (Å²) in [6.45, 7) is 0.771. The second-order valence-corrected chi connectivity index (χ2v) is 8.63. The van der Waals surface area contributed by atoms with Crippen LogP contribution in [-0.4, -0.2) is 23.3 Å². The molecular weight excluding hydrogens is 378 g/mol. The topological polar surface area (TPSA) is 62.3 Å². The fourth-order valence-corrected chi connectivity index (χ4v) is 4.70. The van der Waals surface area contributed by atoms with Crippen LogP contribution in [0.25, 0.3) is 11.3 Å². The van der Waals surface area contributed by atoms with Crippen molar-refractivity contribution in [1.82, 2.24) is 4.98 Å². The van der Waals surface area contributed by atoms with Crippen molar-refractivity contribution >= 4 is 45.3 Å². The molecule has 2 aromatic heterocycles. The lowest BCUT2D eigenvalue weighted by Gasteiger charge is -2.17. The van der Waals surface area contributed by atoms with Crippen LogP contribution in [0.2, 0.25) is 0 Å². The van der Waals surface area contributed by atoms with Crippen LogP contribution in [0.3, 0.4) is 0 Å². The third-order valence-electron chi connectivity index (χ3n) is 4.93. The number of carbonyl (C=O) groups is 2. The van der Waals surface area contributed by atoms with Gasteiger partial charge in [0.1, 0.15) is 0 Å². The van der Waals surface area contributed by atoms with Gasteiger partial charge in [-0.05, 0) is 48.4 Å². The molecule has 2 amide bonds. The Bertz CT molecular complexity index is 1020. The number of nitrogens with zero attached hydrogens (tertiary/aromatic N) is 2. The number of rotatable bonds is 4. The van der Waals surface area contributed by atoms with E-state index in [2.05, 4.69) is 16.4 Å². The molecule has 0 bridgehead atoms. The maximum absolute atomic E-state index is 12.4. The molecule has 1 N–H and O–H groups in total. The molecule has 7 heteroatoms. The molecule has 0 spiro atoms. The Morgan fingerprint density at radius 3 is 2.85 bits per heavy atom. The summed E-state index contributed by atoms with van der Waals surface area (Å²) in [4.78, 5) is 31.7. The van der Waals surface area contributed by atoms with Gasteiger partial charge < -0.3 is 4.90 Å². The van der Waals surface area contributed by atoms with E-state index in [9.17, 15) is 9.59 Å². The number of nitrogens with one attached hydrogen (secondary N) is 1. The highest BCUT2D eigenvalue weighted by Gasteiger charge is 2.36. The maximum Gasteiger partial charge on any atom is 0.267 e. The second kappa shape index (κ2) is 6.58. The molecule has 1 aliphatic heterocycles. The van der Waals surface area contributed by atoms with E-state index >= 15 is 0 Å². The number of hydrogen-bond acceptors (Lipinski definition) is 5. The highest BCUT2D eigenvalue weighted by Crippen LogP contribution is 2.38. The van der Waals surface area contributed by atoms with Crippen molar-refractivity contribution in [2.24, 2.45) is 5.92 Å². The molecule has 0 saturated heterocycles. The zero-order valence-corrected chi connectivity index (χ0v) is 16.1. The Morgan fingerprint density at radius 2 is 2.07 bits per heavy atom. The summed E-state index contributed by atoms with van der Waals surface area (Å²) >= 11 is 2.83. The molecule has 5 nitrogen and oxygen atoms in total. The average Bonchev–Trinajstić information content (AvgIpc) is 3.09. The lowest BCUT2D eigenvalue weighted by molar-refractivity contribution is -0.119. The molecule has 3 heterocycles. The monoisotopic (exact) mass is 395 g/mol. The molecule has 1 aliphatic carbocycles. The van der Waals surface area contributed by atoms with Crippen molar-refractivity contribution in [3.63, 3.8) is 0 Å². The minimum atomic E-state index is -0.130. The number of carbonyl (C=O) groups excluding carboxylic acids is 2. The SMILES string of the molecule is O=C(Nc1nc(-c2ccc3c(c2)CCN3C(=O)C2CC2)cs1)c1cccs1. The number of thiazole rings is 1. The van der Waals surface area contributed by atoms with Crippen molar-refractivity contribution < 1.29 is 9.59 Å². The maximum atomic E-state index is 12.4. The second-order valence-electron chi connectivity index (χ2n) is 6.83. The van der Waals surface area contributed by atoms with Crippen LogP contribution < -0.4 is 10.2 Å². The largest absolute Gasteiger partial charge is 0.312 e. The molecule has 2 aliphatic rings. The quantitative estimate of drug-likeness (QED) is 0.711. The third kappa shape index (κ3) is 3.17. The van der Waals surface area contributed by atoms with Gasteiger partial charge in [0.2, 0.25) is 5.91 Å². The van der Waals surface area contributed by atoms with Gasteiger partial charge in [0.25, 0.3) is 5.91 Å². The Balaban J connectivity index is 1.35. The summed E-state index contributed by atoms with van der Waals surface area (Å²) in [7, 11) is 0. The molecule has 0 radical (unpaired) electrons. The molecule has 27 heavy (non-hydrogen) atoms. The molecule has 0 unspecified atom stereocenters. The number of fused-ring (bicyclic) bond motifs is 1. The van der Waals surface area contributed by atoms with Crippen molar-refractivity contribution in [3.05, 3.63) is 51.5 Å². The van der Waals surface area contributed by atoms with Gasteiger partial charge in [0.15, 0.2) is 5.13 Å². The van der Waals surface area contributed by atoms with Crippen molar-refractivity contribution in [2.45, 2.75) is 19.3 Å². The van der Waals surface area contributed by atoms with Crippen LogP contribution in [0.4, 0.5) is 10.8 Å². The first-order valence-electron chi connectivity index (χ1n) is 8.94. The predicted octanol–water partition coefficient (Wildman–Crippen LogP) is 4.42. The number of anilines is 2. The molecular formula is C20H17N3O2S2. The summed E-state index contributed by atoms with van der Waals surface area (Å²) in [5.74, 6) is 0.381. The Kier molecular flexibility index (Phi) is 4.06. The standard InChI is InChI=1S/C20H17N3O2S2/c24-18(17-2-1-9-26-17)22-20-21-15(11-27-20)13-5-6-16-14(10-13)7-8-23(16)19(25)12-3-4-12/h1-2,5-6,9-12H,3-4,7-8H2,(H,21,22,24). The zero-order valence-electron chi connectivity index (χ0n) is 14.5. The Morgan fingerprint density at radius 1 is 1.19 bits per heavy atom. The number of hydrogen-bond donors (Lipinski definition) is 1. The van der Waals surface area contributed by atoms with Crippen LogP contribution in [0, 0.1) is 5.92 Å². The highest BCUT2D eigenvalue weighted by molar-refractivity contribution is 7.14. The van der Waals surface area contributed by atoms with Gasteiger partial charge in [0, 0.05) is 29.1 Å². The normalized spacial score (nSPS) is 15.6. The van der Waals surface area contributed by atoms with E-state index in [0.717, 1.165) is 42.8 Å². The Labute approximate surface area is 164 Å². The summed E-state index contributed by atoms with van der Waals surface area (Å²) in [6, 6.07) is 9.81. The molecule has 1 fully saturated rings. The molecule has 0 atom stereocenters. The van der Waals surface area contributed by atoms with Gasteiger partial charge >= 0.3 is 0 Å². The van der Waals surface area contributed by atoms with Gasteiger partial charge in [-0.1, -0.05) is 12.1 Å². The van der Waals surface area contributed by atoms with E-state index in [-0.39, 0.29) is 17.7 Å². The summed E-state index contributed by atoms with van der Waals surface area (Å²) in [5.41, 5.74) is 4.09. The fourth-order valence-electron chi connectivity index (χ4n) is 3.37. The first-order chi connectivity index (χ1) is 13.2. The van der Waals surface area contributed by atoms with Gasteiger partial charge in [-0.25, -0.2) is 4.98 Å². The van der Waals surface area contributed by atoms with Gasteiger partial charge in [-0.15, -0.1) is 22.7 Å². The predicted molar refractivity (Wildman–Crippen MR) is 109 cm³/mol. The minimum absolute atomic E-state index is 0.130. The molecule has 1 aromatic carbocycles. The number of amides is 2.